The van der Waals surface area contributed by atoms with E-state index in [1.807, 2.05) is 18.2 Å². The highest BCUT2D eigenvalue weighted by atomic mass is 127. The first-order valence-electron chi connectivity index (χ1n) is 5.09. The molecule has 2 nitrogen and oxygen atoms in total. The zero-order chi connectivity index (χ0) is 13.1. The monoisotopic (exact) mass is 435 g/mol. The Labute approximate surface area is 132 Å². The van der Waals surface area contributed by atoms with Crippen molar-refractivity contribution in [2.75, 3.05) is 5.32 Å². The van der Waals surface area contributed by atoms with E-state index in [2.05, 4.69) is 43.8 Å². The Hall–Kier alpha value is -0.590. The fourth-order valence-electron chi connectivity index (χ4n) is 1.43. The van der Waals surface area contributed by atoms with E-state index < -0.39 is 0 Å². The summed E-state index contributed by atoms with van der Waals surface area (Å²) in [6, 6.07) is 12.7. The fraction of sp³-hybridized carbons (Fsp3) is 0. The van der Waals surface area contributed by atoms with Gasteiger partial charge in [-0.1, -0.05) is 23.7 Å². The molecule has 2 aromatic carbocycles. The number of rotatable bonds is 2. The number of carbonyl (C=O) groups excluding carboxylic acids is 1. The molecule has 92 valence electrons. The average molecular weight is 436 g/mol. The molecule has 2 rings (SSSR count). The maximum absolute atomic E-state index is 12.1. The van der Waals surface area contributed by atoms with Gasteiger partial charge in [0.15, 0.2) is 0 Å². The SMILES string of the molecule is O=C(Nc1ccc(Cl)cc1Br)c1ccccc1I. The molecule has 0 saturated carbocycles. The van der Waals surface area contributed by atoms with Crippen LogP contribution in [0.25, 0.3) is 0 Å². The summed E-state index contributed by atoms with van der Waals surface area (Å²) < 4.78 is 1.67. The van der Waals surface area contributed by atoms with Gasteiger partial charge in [-0.15, -0.1) is 0 Å². The van der Waals surface area contributed by atoms with E-state index in [0.717, 1.165) is 8.04 Å². The predicted octanol–water partition coefficient (Wildman–Crippen LogP) is 4.96. The second kappa shape index (κ2) is 6.04. The molecular weight excluding hydrogens is 428 g/mol. The van der Waals surface area contributed by atoms with Crippen molar-refractivity contribution in [2.24, 2.45) is 0 Å². The zero-order valence-electron chi connectivity index (χ0n) is 9.08. The van der Waals surface area contributed by atoms with E-state index in [4.69, 9.17) is 11.6 Å². The molecule has 0 fully saturated rings. The fourth-order valence-corrected chi connectivity index (χ4v) is 2.84. The molecule has 0 bridgehead atoms. The second-order valence-electron chi connectivity index (χ2n) is 3.56. The molecule has 0 radical (unpaired) electrons. The first-order chi connectivity index (χ1) is 8.58. The van der Waals surface area contributed by atoms with Gasteiger partial charge < -0.3 is 5.32 Å². The molecule has 1 amide bonds. The smallest absolute Gasteiger partial charge is 0.256 e. The molecule has 0 spiro atoms. The Morgan fingerprint density at radius 2 is 1.94 bits per heavy atom. The maximum Gasteiger partial charge on any atom is 0.256 e. The van der Waals surface area contributed by atoms with E-state index >= 15 is 0 Å². The number of anilines is 1. The van der Waals surface area contributed by atoms with Crippen molar-refractivity contribution in [1.82, 2.24) is 0 Å². The van der Waals surface area contributed by atoms with Crippen molar-refractivity contribution in [3.05, 3.63) is 61.1 Å². The van der Waals surface area contributed by atoms with E-state index in [0.29, 0.717) is 16.3 Å². The summed E-state index contributed by atoms with van der Waals surface area (Å²) in [5, 5.41) is 3.46. The largest absolute Gasteiger partial charge is 0.321 e. The van der Waals surface area contributed by atoms with E-state index in [1.165, 1.54) is 0 Å². The van der Waals surface area contributed by atoms with Gasteiger partial charge in [0.2, 0.25) is 0 Å². The number of hydrogen-bond acceptors (Lipinski definition) is 1. The lowest BCUT2D eigenvalue weighted by Crippen LogP contribution is -2.13. The maximum atomic E-state index is 12.1. The normalized spacial score (nSPS) is 10.2. The molecule has 0 atom stereocenters. The number of halogens is 3. The quantitative estimate of drug-likeness (QED) is 0.663. The Bertz CT molecular complexity index is 603. The highest BCUT2D eigenvalue weighted by Crippen LogP contribution is 2.26. The van der Waals surface area contributed by atoms with Crippen molar-refractivity contribution in [2.45, 2.75) is 0 Å². The minimum atomic E-state index is -0.136. The second-order valence-corrected chi connectivity index (χ2v) is 6.01. The van der Waals surface area contributed by atoms with Gasteiger partial charge in [0.1, 0.15) is 0 Å². The third-order valence-electron chi connectivity index (χ3n) is 2.30. The highest BCUT2D eigenvalue weighted by molar-refractivity contribution is 14.1. The van der Waals surface area contributed by atoms with Crippen molar-refractivity contribution < 1.29 is 4.79 Å². The lowest BCUT2D eigenvalue weighted by Gasteiger charge is -2.08. The molecule has 0 aliphatic carbocycles. The molecule has 0 aromatic heterocycles. The first kappa shape index (κ1) is 13.8. The number of amides is 1. The Balaban J connectivity index is 2.24. The third kappa shape index (κ3) is 3.24. The lowest BCUT2D eigenvalue weighted by atomic mass is 10.2. The van der Waals surface area contributed by atoms with Crippen LogP contribution in [0.3, 0.4) is 0 Å². The molecule has 1 N–H and O–H groups in total. The van der Waals surface area contributed by atoms with Crippen molar-refractivity contribution in [3.8, 4) is 0 Å². The van der Waals surface area contributed by atoms with Crippen LogP contribution < -0.4 is 5.32 Å². The zero-order valence-corrected chi connectivity index (χ0v) is 13.6. The van der Waals surface area contributed by atoms with Gasteiger partial charge in [-0.3, -0.25) is 4.79 Å². The summed E-state index contributed by atoms with van der Waals surface area (Å²) in [5.74, 6) is -0.136. The summed E-state index contributed by atoms with van der Waals surface area (Å²) in [4.78, 5) is 12.1. The van der Waals surface area contributed by atoms with Gasteiger partial charge in [0.05, 0.1) is 11.3 Å². The Morgan fingerprint density at radius 3 is 2.61 bits per heavy atom. The van der Waals surface area contributed by atoms with Crippen LogP contribution in [0.1, 0.15) is 10.4 Å². The molecule has 0 aliphatic heterocycles. The van der Waals surface area contributed by atoms with Gasteiger partial charge in [0, 0.05) is 13.1 Å². The predicted molar refractivity (Wildman–Crippen MR) is 86.3 cm³/mol. The summed E-state index contributed by atoms with van der Waals surface area (Å²) in [6.07, 6.45) is 0. The minimum Gasteiger partial charge on any atom is -0.321 e. The Morgan fingerprint density at radius 1 is 1.22 bits per heavy atom. The van der Waals surface area contributed by atoms with Crippen molar-refractivity contribution in [1.29, 1.82) is 0 Å². The molecule has 5 heteroatoms. The van der Waals surface area contributed by atoms with Crippen LogP contribution in [0.4, 0.5) is 5.69 Å². The molecule has 0 aliphatic rings. The Kier molecular flexibility index (Phi) is 4.64. The van der Waals surface area contributed by atoms with Crippen LogP contribution >= 0.6 is 50.1 Å². The third-order valence-corrected chi connectivity index (χ3v) is 4.13. The van der Waals surface area contributed by atoms with Crippen LogP contribution in [0.15, 0.2) is 46.9 Å². The van der Waals surface area contributed by atoms with Gasteiger partial charge in [-0.05, 0) is 68.9 Å². The number of nitrogens with one attached hydrogen (secondary N) is 1. The van der Waals surface area contributed by atoms with Crippen molar-refractivity contribution in [3.63, 3.8) is 0 Å². The lowest BCUT2D eigenvalue weighted by molar-refractivity contribution is 0.102. The minimum absolute atomic E-state index is 0.136. The summed E-state index contributed by atoms with van der Waals surface area (Å²) in [7, 11) is 0. The summed E-state index contributed by atoms with van der Waals surface area (Å²) in [6.45, 7) is 0. The molecule has 18 heavy (non-hydrogen) atoms. The van der Waals surface area contributed by atoms with Gasteiger partial charge in [0.25, 0.3) is 5.91 Å². The highest BCUT2D eigenvalue weighted by Gasteiger charge is 2.11. The van der Waals surface area contributed by atoms with E-state index in [9.17, 15) is 4.79 Å². The molecular formula is C13H8BrClINO. The van der Waals surface area contributed by atoms with Crippen LogP contribution in [0, 0.1) is 3.57 Å². The van der Waals surface area contributed by atoms with Gasteiger partial charge in [-0.2, -0.15) is 0 Å². The first-order valence-corrected chi connectivity index (χ1v) is 7.34. The molecule has 2 aromatic rings. The topological polar surface area (TPSA) is 29.1 Å². The van der Waals surface area contributed by atoms with Crippen LogP contribution in [0.5, 0.6) is 0 Å². The average Bonchev–Trinajstić information content (AvgIpc) is 2.33. The number of carbonyl (C=O) groups is 1. The van der Waals surface area contributed by atoms with Gasteiger partial charge >= 0.3 is 0 Å². The van der Waals surface area contributed by atoms with E-state index in [-0.39, 0.29) is 5.91 Å². The van der Waals surface area contributed by atoms with Crippen LogP contribution in [-0.4, -0.2) is 5.91 Å². The standard InChI is InChI=1S/C13H8BrClINO/c14-10-7-8(15)5-6-12(10)17-13(18)9-3-1-2-4-11(9)16/h1-7H,(H,17,18). The van der Waals surface area contributed by atoms with Crippen molar-refractivity contribution >= 4 is 61.7 Å². The number of hydrogen-bond donors (Lipinski definition) is 1. The molecule has 0 saturated heterocycles. The number of benzene rings is 2. The van der Waals surface area contributed by atoms with Crippen LogP contribution in [-0.2, 0) is 0 Å². The van der Waals surface area contributed by atoms with Gasteiger partial charge in [-0.25, -0.2) is 0 Å². The molecule has 0 heterocycles. The van der Waals surface area contributed by atoms with E-state index in [1.54, 1.807) is 24.3 Å². The summed E-state index contributed by atoms with van der Waals surface area (Å²) in [5.41, 5.74) is 1.35. The molecule has 0 unspecified atom stereocenters. The van der Waals surface area contributed by atoms with Crippen LogP contribution in [0.2, 0.25) is 5.02 Å². The summed E-state index contributed by atoms with van der Waals surface area (Å²) >= 11 is 11.4.